The molecule has 1 heterocycles. The fourth-order valence-corrected chi connectivity index (χ4v) is 1.31. The van der Waals surface area contributed by atoms with Crippen molar-refractivity contribution in [2.24, 2.45) is 0 Å². The maximum Gasteiger partial charge on any atom is 0.220 e. The van der Waals surface area contributed by atoms with Gasteiger partial charge in [-0.05, 0) is 14.0 Å². The highest BCUT2D eigenvalue weighted by Gasteiger charge is 2.17. The topological polar surface area (TPSA) is 56.3 Å². The van der Waals surface area contributed by atoms with Gasteiger partial charge in [-0.1, -0.05) is 6.92 Å². The van der Waals surface area contributed by atoms with Crippen molar-refractivity contribution in [3.05, 3.63) is 11.9 Å². The zero-order chi connectivity index (χ0) is 12.1. The molecule has 0 aliphatic rings. The molecule has 1 rings (SSSR count). The van der Waals surface area contributed by atoms with Gasteiger partial charge in [-0.2, -0.15) is 9.97 Å². The smallest absolute Gasteiger partial charge is 0.220 e. The van der Waals surface area contributed by atoms with Gasteiger partial charge in [-0.3, -0.25) is 0 Å². The molecular formula is C11H19N3O2. The second-order valence-corrected chi connectivity index (χ2v) is 3.68. The molecule has 0 amide bonds. The number of aromatic nitrogens is 2. The van der Waals surface area contributed by atoms with Crippen LogP contribution < -0.4 is 14.8 Å². The highest BCUT2D eigenvalue weighted by Crippen LogP contribution is 2.21. The molecule has 2 unspecified atom stereocenters. The van der Waals surface area contributed by atoms with Gasteiger partial charge >= 0.3 is 0 Å². The number of hydrogen-bond donors (Lipinski definition) is 1. The van der Waals surface area contributed by atoms with Crippen LogP contribution in [0.1, 0.15) is 25.6 Å². The van der Waals surface area contributed by atoms with Gasteiger partial charge in [0.15, 0.2) is 0 Å². The largest absolute Gasteiger partial charge is 0.481 e. The summed E-state index contributed by atoms with van der Waals surface area (Å²) < 4.78 is 10.2. The molecule has 16 heavy (non-hydrogen) atoms. The van der Waals surface area contributed by atoms with E-state index in [0.717, 1.165) is 5.82 Å². The molecule has 0 bridgehead atoms. The molecule has 0 spiro atoms. The number of likely N-dealkylation sites (N-methyl/N-ethyl adjacent to an activating group) is 1. The summed E-state index contributed by atoms with van der Waals surface area (Å²) in [6.45, 7) is 4.15. The second kappa shape index (κ2) is 5.65. The number of rotatable bonds is 5. The van der Waals surface area contributed by atoms with Gasteiger partial charge in [-0.25, -0.2) is 0 Å². The molecular weight excluding hydrogens is 206 g/mol. The average molecular weight is 225 g/mol. The van der Waals surface area contributed by atoms with Crippen LogP contribution in [0.25, 0.3) is 0 Å². The van der Waals surface area contributed by atoms with Crippen LogP contribution in [-0.2, 0) is 0 Å². The normalized spacial score (nSPS) is 14.3. The lowest BCUT2D eigenvalue weighted by Crippen LogP contribution is -2.28. The highest BCUT2D eigenvalue weighted by atomic mass is 16.5. The molecule has 0 aliphatic carbocycles. The molecule has 2 atom stereocenters. The van der Waals surface area contributed by atoms with Crippen molar-refractivity contribution in [2.45, 2.75) is 25.8 Å². The van der Waals surface area contributed by atoms with Crippen LogP contribution in [0.15, 0.2) is 6.07 Å². The number of ether oxygens (including phenoxy) is 2. The fraction of sp³-hybridized carbons (Fsp3) is 0.636. The van der Waals surface area contributed by atoms with Gasteiger partial charge in [0.05, 0.1) is 20.3 Å². The molecule has 0 aromatic carbocycles. The van der Waals surface area contributed by atoms with Crippen molar-refractivity contribution >= 4 is 0 Å². The van der Waals surface area contributed by atoms with E-state index in [4.69, 9.17) is 9.47 Å². The van der Waals surface area contributed by atoms with E-state index in [2.05, 4.69) is 29.1 Å². The molecule has 1 N–H and O–H groups in total. The van der Waals surface area contributed by atoms with Crippen LogP contribution in [0, 0.1) is 0 Å². The van der Waals surface area contributed by atoms with Gasteiger partial charge < -0.3 is 14.8 Å². The lowest BCUT2D eigenvalue weighted by molar-refractivity contribution is 0.362. The average Bonchev–Trinajstić information content (AvgIpc) is 2.35. The molecule has 0 radical (unpaired) electrons. The zero-order valence-electron chi connectivity index (χ0n) is 10.4. The number of hydrogen-bond acceptors (Lipinski definition) is 5. The molecule has 5 heteroatoms. The minimum Gasteiger partial charge on any atom is -0.481 e. The summed E-state index contributed by atoms with van der Waals surface area (Å²) in [5, 5.41) is 3.18. The van der Waals surface area contributed by atoms with Gasteiger partial charge in [0.2, 0.25) is 11.8 Å². The lowest BCUT2D eigenvalue weighted by atomic mass is 10.0. The van der Waals surface area contributed by atoms with E-state index >= 15 is 0 Å². The number of methoxy groups -OCH3 is 2. The maximum absolute atomic E-state index is 5.11. The van der Waals surface area contributed by atoms with Crippen molar-refractivity contribution in [1.29, 1.82) is 0 Å². The Balaban J connectivity index is 3.02. The van der Waals surface area contributed by atoms with Crippen molar-refractivity contribution in [3.8, 4) is 11.8 Å². The Morgan fingerprint density at radius 2 is 1.62 bits per heavy atom. The Morgan fingerprint density at radius 1 is 1.12 bits per heavy atom. The summed E-state index contributed by atoms with van der Waals surface area (Å²) in [5.74, 6) is 1.96. The van der Waals surface area contributed by atoms with Crippen molar-refractivity contribution in [1.82, 2.24) is 15.3 Å². The standard InChI is InChI=1S/C11H19N3O2/c1-7(8(2)12-3)11-13-9(15-4)6-10(14-11)16-5/h6-8,12H,1-5H3. The first kappa shape index (κ1) is 12.7. The first-order chi connectivity index (χ1) is 7.62. The summed E-state index contributed by atoms with van der Waals surface area (Å²) in [7, 11) is 5.08. The Bertz CT molecular complexity index is 322. The van der Waals surface area contributed by atoms with Crippen LogP contribution in [0.3, 0.4) is 0 Å². The molecule has 1 aromatic heterocycles. The lowest BCUT2D eigenvalue weighted by Gasteiger charge is -2.18. The van der Waals surface area contributed by atoms with Gasteiger partial charge in [0, 0.05) is 12.0 Å². The Labute approximate surface area is 96.2 Å². The second-order valence-electron chi connectivity index (χ2n) is 3.68. The SMILES string of the molecule is CNC(C)C(C)c1nc(OC)cc(OC)n1. The van der Waals surface area contributed by atoms with Crippen molar-refractivity contribution in [3.63, 3.8) is 0 Å². The summed E-state index contributed by atoms with van der Waals surface area (Å²) >= 11 is 0. The number of nitrogens with one attached hydrogen (secondary N) is 1. The number of nitrogens with zero attached hydrogens (tertiary/aromatic N) is 2. The van der Waals surface area contributed by atoms with Crippen LogP contribution in [0.5, 0.6) is 11.8 Å². The van der Waals surface area contributed by atoms with Crippen LogP contribution in [-0.4, -0.2) is 37.3 Å². The first-order valence-electron chi connectivity index (χ1n) is 5.26. The zero-order valence-corrected chi connectivity index (χ0v) is 10.4. The summed E-state index contributed by atoms with van der Waals surface area (Å²) in [5.41, 5.74) is 0. The van der Waals surface area contributed by atoms with E-state index in [9.17, 15) is 0 Å². The van der Waals surface area contributed by atoms with Crippen molar-refractivity contribution < 1.29 is 9.47 Å². The van der Waals surface area contributed by atoms with Crippen LogP contribution >= 0.6 is 0 Å². The minimum atomic E-state index is 0.189. The van der Waals surface area contributed by atoms with Crippen LogP contribution in [0.2, 0.25) is 0 Å². The monoisotopic (exact) mass is 225 g/mol. The Kier molecular flexibility index (Phi) is 4.49. The molecule has 5 nitrogen and oxygen atoms in total. The molecule has 0 fully saturated rings. The van der Waals surface area contributed by atoms with Gasteiger partial charge in [0.25, 0.3) is 0 Å². The third kappa shape index (κ3) is 2.82. The quantitative estimate of drug-likeness (QED) is 0.816. The Hall–Kier alpha value is -1.36. The van der Waals surface area contributed by atoms with Gasteiger partial charge in [0.1, 0.15) is 5.82 Å². The molecule has 1 aromatic rings. The predicted molar refractivity (Wildman–Crippen MR) is 62.1 cm³/mol. The maximum atomic E-state index is 5.11. The van der Waals surface area contributed by atoms with Crippen LogP contribution in [0.4, 0.5) is 0 Å². The van der Waals surface area contributed by atoms with Crippen molar-refractivity contribution in [2.75, 3.05) is 21.3 Å². The summed E-state index contributed by atoms with van der Waals surface area (Å²) in [6.07, 6.45) is 0. The predicted octanol–water partition coefficient (Wildman–Crippen LogP) is 1.21. The van der Waals surface area contributed by atoms with E-state index in [0.29, 0.717) is 11.8 Å². The van der Waals surface area contributed by atoms with E-state index in [1.165, 1.54) is 0 Å². The fourth-order valence-electron chi connectivity index (χ4n) is 1.31. The molecule has 0 aliphatic heterocycles. The summed E-state index contributed by atoms with van der Waals surface area (Å²) in [4.78, 5) is 8.63. The van der Waals surface area contributed by atoms with Gasteiger partial charge in [-0.15, -0.1) is 0 Å². The highest BCUT2D eigenvalue weighted by molar-refractivity contribution is 5.22. The minimum absolute atomic E-state index is 0.189. The van der Waals surface area contributed by atoms with E-state index in [-0.39, 0.29) is 12.0 Å². The molecule has 0 saturated carbocycles. The third-order valence-corrected chi connectivity index (χ3v) is 2.73. The first-order valence-corrected chi connectivity index (χ1v) is 5.26. The Morgan fingerprint density at radius 3 is 2.00 bits per heavy atom. The van der Waals surface area contributed by atoms with E-state index in [1.54, 1.807) is 20.3 Å². The molecule has 0 saturated heterocycles. The summed E-state index contributed by atoms with van der Waals surface area (Å²) in [6, 6.07) is 1.96. The third-order valence-electron chi connectivity index (χ3n) is 2.73. The van der Waals surface area contributed by atoms with E-state index < -0.39 is 0 Å². The van der Waals surface area contributed by atoms with E-state index in [1.807, 2.05) is 7.05 Å². The molecule has 90 valence electrons.